The zero-order valence-corrected chi connectivity index (χ0v) is 6.50. The lowest BCUT2D eigenvalue weighted by Crippen LogP contribution is -2.20. The topological polar surface area (TPSA) is 39.2 Å². The van der Waals surface area contributed by atoms with Crippen LogP contribution in [0, 0.1) is 6.92 Å². The van der Waals surface area contributed by atoms with Crippen LogP contribution in [0.2, 0.25) is 0 Å². The first-order valence-corrected chi connectivity index (χ1v) is 3.39. The third-order valence-electron chi connectivity index (χ3n) is 1.36. The molecule has 1 rings (SSSR count). The molecule has 0 unspecified atom stereocenters. The van der Waals surface area contributed by atoms with Crippen LogP contribution >= 0.6 is 0 Å². The van der Waals surface area contributed by atoms with Gasteiger partial charge in [0.15, 0.2) is 0 Å². The van der Waals surface area contributed by atoms with Crippen molar-refractivity contribution in [2.24, 2.45) is 5.73 Å². The third-order valence-corrected chi connectivity index (χ3v) is 1.36. The molecule has 2 heteroatoms. The van der Waals surface area contributed by atoms with Crippen LogP contribution in [0.5, 0.6) is 0 Å². The second-order valence-electron chi connectivity index (χ2n) is 2.25. The molecule has 1 aromatic heterocycles. The van der Waals surface area contributed by atoms with Gasteiger partial charge in [-0.15, -0.1) is 0 Å². The number of hydrogen-bond donors (Lipinski definition) is 1. The van der Waals surface area contributed by atoms with Crippen molar-refractivity contribution in [3.05, 3.63) is 35.1 Å². The maximum absolute atomic E-state index is 5.32. The molecule has 0 aliphatic heterocycles. The summed E-state index contributed by atoms with van der Waals surface area (Å²) in [5.74, 6) is 0.856. The maximum atomic E-state index is 5.32. The largest absolute Gasteiger partial charge is 0.460 e. The van der Waals surface area contributed by atoms with Crippen molar-refractivity contribution in [3.8, 4) is 0 Å². The quantitative estimate of drug-likeness (QED) is 0.621. The molecule has 2 N–H and O–H groups in total. The smallest absolute Gasteiger partial charge is 0.149 e. The molecule has 0 bridgehead atoms. The summed E-state index contributed by atoms with van der Waals surface area (Å²) in [6, 6.07) is 1.92. The van der Waals surface area contributed by atoms with Crippen molar-refractivity contribution in [2.45, 2.75) is 6.92 Å². The first-order valence-electron chi connectivity index (χ1n) is 3.39. The SMILES string of the molecule is C=C/C=c1/cc(C)o/c1=C/N. The zero-order valence-electron chi connectivity index (χ0n) is 6.50. The third kappa shape index (κ3) is 1.52. The van der Waals surface area contributed by atoms with E-state index in [1.165, 1.54) is 6.20 Å². The van der Waals surface area contributed by atoms with E-state index >= 15 is 0 Å². The normalized spacial score (nSPS) is 13.9. The summed E-state index contributed by atoms with van der Waals surface area (Å²) in [7, 11) is 0. The van der Waals surface area contributed by atoms with Gasteiger partial charge in [-0.3, -0.25) is 0 Å². The molecule has 11 heavy (non-hydrogen) atoms. The van der Waals surface area contributed by atoms with Gasteiger partial charge in [0, 0.05) is 11.4 Å². The minimum Gasteiger partial charge on any atom is -0.460 e. The molecule has 2 nitrogen and oxygen atoms in total. The Balaban J connectivity index is 3.47. The molecule has 0 saturated heterocycles. The summed E-state index contributed by atoms with van der Waals surface area (Å²) in [5.41, 5.74) is 6.02. The van der Waals surface area contributed by atoms with Crippen molar-refractivity contribution >= 4 is 12.3 Å². The zero-order chi connectivity index (χ0) is 8.27. The minimum absolute atomic E-state index is 0.697. The predicted octanol–water partition coefficient (Wildman–Crippen LogP) is 0.251. The monoisotopic (exact) mass is 149 g/mol. The van der Waals surface area contributed by atoms with Gasteiger partial charge in [0.2, 0.25) is 0 Å². The van der Waals surface area contributed by atoms with Gasteiger partial charge in [0.25, 0.3) is 0 Å². The molecule has 0 aliphatic carbocycles. The van der Waals surface area contributed by atoms with Crippen LogP contribution in [0.1, 0.15) is 5.76 Å². The molecule has 0 fully saturated rings. The van der Waals surface area contributed by atoms with Crippen LogP contribution < -0.4 is 16.4 Å². The van der Waals surface area contributed by atoms with E-state index in [0.717, 1.165) is 11.0 Å². The first-order chi connectivity index (χ1) is 5.27. The Bertz CT molecular complexity index is 359. The van der Waals surface area contributed by atoms with Crippen molar-refractivity contribution in [3.63, 3.8) is 0 Å². The summed E-state index contributed by atoms with van der Waals surface area (Å²) < 4.78 is 5.26. The number of rotatable bonds is 1. The van der Waals surface area contributed by atoms with E-state index in [1.807, 2.05) is 19.1 Å². The van der Waals surface area contributed by atoms with E-state index in [9.17, 15) is 0 Å². The summed E-state index contributed by atoms with van der Waals surface area (Å²) in [5, 5.41) is 0.972. The molecule has 0 spiro atoms. The molecule has 0 atom stereocenters. The lowest BCUT2D eigenvalue weighted by Gasteiger charge is -1.74. The van der Waals surface area contributed by atoms with E-state index < -0.39 is 0 Å². The van der Waals surface area contributed by atoms with Gasteiger partial charge in [0.05, 0.1) is 0 Å². The highest BCUT2D eigenvalue weighted by atomic mass is 16.3. The Hall–Kier alpha value is -1.44. The van der Waals surface area contributed by atoms with E-state index in [2.05, 4.69) is 6.58 Å². The second-order valence-corrected chi connectivity index (χ2v) is 2.25. The fourth-order valence-electron chi connectivity index (χ4n) is 0.939. The molecule has 0 radical (unpaired) electrons. The molecule has 0 aromatic carbocycles. The van der Waals surface area contributed by atoms with E-state index in [4.69, 9.17) is 10.2 Å². The van der Waals surface area contributed by atoms with Crippen LogP contribution in [0.25, 0.3) is 12.3 Å². The van der Waals surface area contributed by atoms with Gasteiger partial charge in [-0.25, -0.2) is 0 Å². The minimum atomic E-state index is 0.697. The van der Waals surface area contributed by atoms with Crippen LogP contribution in [0.3, 0.4) is 0 Å². The van der Waals surface area contributed by atoms with Crippen molar-refractivity contribution in [1.29, 1.82) is 0 Å². The molecule has 0 aliphatic rings. The standard InChI is InChI=1S/C9H11NO/c1-3-4-8-5-7(2)11-9(8)6-10/h3-6H,1,10H2,2H3/b8-4-,9-6+. The Labute approximate surface area is 65.3 Å². The number of hydrogen-bond acceptors (Lipinski definition) is 2. The molecular formula is C9H11NO. The second kappa shape index (κ2) is 3.10. The molecule has 0 saturated carbocycles. The van der Waals surface area contributed by atoms with E-state index in [0.29, 0.717) is 5.42 Å². The number of allylic oxidation sites excluding steroid dienone is 1. The Morgan fingerprint density at radius 1 is 1.64 bits per heavy atom. The average Bonchev–Trinajstić information content (AvgIpc) is 2.32. The fraction of sp³-hybridized carbons (Fsp3) is 0.111. The average molecular weight is 149 g/mol. The summed E-state index contributed by atoms with van der Waals surface area (Å²) in [4.78, 5) is 0. The Kier molecular flexibility index (Phi) is 2.16. The number of furan rings is 1. The molecule has 1 aromatic rings. The molecule has 58 valence electrons. The molecule has 1 heterocycles. The summed E-state index contributed by atoms with van der Waals surface area (Å²) in [6.07, 6.45) is 5.01. The highest BCUT2D eigenvalue weighted by Crippen LogP contribution is 1.84. The van der Waals surface area contributed by atoms with Crippen LogP contribution in [0.15, 0.2) is 23.1 Å². The van der Waals surface area contributed by atoms with Gasteiger partial charge in [-0.2, -0.15) is 0 Å². The summed E-state index contributed by atoms with van der Waals surface area (Å²) in [6.45, 7) is 5.47. The number of nitrogens with two attached hydrogens (primary N) is 1. The molecule has 0 amide bonds. The van der Waals surface area contributed by atoms with Crippen LogP contribution in [-0.2, 0) is 0 Å². The van der Waals surface area contributed by atoms with Crippen molar-refractivity contribution in [2.75, 3.05) is 0 Å². The number of aryl methyl sites for hydroxylation is 1. The van der Waals surface area contributed by atoms with Crippen LogP contribution in [-0.4, -0.2) is 0 Å². The Morgan fingerprint density at radius 3 is 2.91 bits per heavy atom. The highest BCUT2D eigenvalue weighted by molar-refractivity contribution is 5.36. The molecular weight excluding hydrogens is 138 g/mol. The van der Waals surface area contributed by atoms with Crippen LogP contribution in [0.4, 0.5) is 0 Å². The fourth-order valence-corrected chi connectivity index (χ4v) is 0.939. The Morgan fingerprint density at radius 2 is 2.36 bits per heavy atom. The van der Waals surface area contributed by atoms with Gasteiger partial charge in [0.1, 0.15) is 11.2 Å². The maximum Gasteiger partial charge on any atom is 0.149 e. The highest BCUT2D eigenvalue weighted by Gasteiger charge is 1.90. The van der Waals surface area contributed by atoms with Crippen molar-refractivity contribution < 1.29 is 4.42 Å². The van der Waals surface area contributed by atoms with Crippen molar-refractivity contribution in [1.82, 2.24) is 0 Å². The van der Waals surface area contributed by atoms with Gasteiger partial charge in [-0.05, 0) is 13.0 Å². The van der Waals surface area contributed by atoms with Gasteiger partial charge < -0.3 is 10.2 Å². The first kappa shape index (κ1) is 7.66. The lowest BCUT2D eigenvalue weighted by molar-refractivity contribution is 0.500. The van der Waals surface area contributed by atoms with E-state index in [1.54, 1.807) is 6.08 Å². The summed E-state index contributed by atoms with van der Waals surface area (Å²) >= 11 is 0. The predicted molar refractivity (Wildman–Crippen MR) is 46.0 cm³/mol. The van der Waals surface area contributed by atoms with Gasteiger partial charge in [-0.1, -0.05) is 18.7 Å². The lowest BCUT2D eigenvalue weighted by atomic mass is 10.3. The van der Waals surface area contributed by atoms with E-state index in [-0.39, 0.29) is 0 Å². The van der Waals surface area contributed by atoms with Gasteiger partial charge >= 0.3 is 0 Å².